The molecule has 2 saturated heterocycles. The Bertz CT molecular complexity index is 1650. The Morgan fingerprint density at radius 2 is 1.77 bits per heavy atom. The Morgan fingerprint density at radius 3 is 2.40 bits per heavy atom. The van der Waals surface area contributed by atoms with Crippen molar-refractivity contribution in [2.24, 2.45) is 5.92 Å². The standard InChI is InChI=1S/C35H39F3N4O5/c1-20-14-25(16-26(15-20)35(36,37)38)31-21(2)42(34(44)47-31)19-29-28(18-39-33(40-29)41-12-5-13-41)27-17-24(10-11-30(27)45-3)22-6-8-23(9-7-22)32(43)46-4/h10-11,14-18,21-23,31H,5-9,12-13,19H2,1-4H3/t21-,22?,23?,31-/m0/s1. The molecule has 2 atom stereocenters. The van der Waals surface area contributed by atoms with Crippen LogP contribution < -0.4 is 9.64 Å². The van der Waals surface area contributed by atoms with Gasteiger partial charge in [0.15, 0.2) is 0 Å². The van der Waals surface area contributed by atoms with E-state index in [1.165, 1.54) is 12.0 Å². The number of carbonyl (C=O) groups excluding carboxylic acids is 2. The van der Waals surface area contributed by atoms with Crippen molar-refractivity contribution in [3.05, 3.63) is 70.5 Å². The van der Waals surface area contributed by atoms with E-state index in [4.69, 9.17) is 19.2 Å². The van der Waals surface area contributed by atoms with Gasteiger partial charge in [0, 0.05) is 30.4 Å². The van der Waals surface area contributed by atoms with Gasteiger partial charge in [-0.25, -0.2) is 14.8 Å². The molecule has 0 spiro atoms. The maximum absolute atomic E-state index is 13.6. The highest BCUT2D eigenvalue weighted by Gasteiger charge is 2.42. The number of aromatic nitrogens is 2. The predicted octanol–water partition coefficient (Wildman–Crippen LogP) is 7.22. The van der Waals surface area contributed by atoms with Crippen LogP contribution in [0.1, 0.15) is 79.0 Å². The van der Waals surface area contributed by atoms with Crippen LogP contribution in [0, 0.1) is 12.8 Å². The highest BCUT2D eigenvalue weighted by atomic mass is 19.4. The Labute approximate surface area is 272 Å². The van der Waals surface area contributed by atoms with Gasteiger partial charge in [0.2, 0.25) is 5.95 Å². The van der Waals surface area contributed by atoms with Crippen LogP contribution in [0.5, 0.6) is 5.75 Å². The molecule has 47 heavy (non-hydrogen) atoms. The number of alkyl halides is 3. The summed E-state index contributed by atoms with van der Waals surface area (Å²) >= 11 is 0. The Hall–Kier alpha value is -4.35. The summed E-state index contributed by atoms with van der Waals surface area (Å²) in [5.41, 5.74) is 3.09. The number of carbonyl (C=O) groups is 2. The van der Waals surface area contributed by atoms with E-state index >= 15 is 0 Å². The smallest absolute Gasteiger partial charge is 0.416 e. The van der Waals surface area contributed by atoms with Crippen LogP contribution in [0.4, 0.5) is 23.9 Å². The third-order valence-corrected chi connectivity index (χ3v) is 9.71. The van der Waals surface area contributed by atoms with E-state index in [0.29, 0.717) is 34.1 Å². The number of amides is 1. The third-order valence-electron chi connectivity index (χ3n) is 9.71. The fourth-order valence-electron chi connectivity index (χ4n) is 6.90. The monoisotopic (exact) mass is 652 g/mol. The minimum atomic E-state index is -4.52. The molecule has 0 bridgehead atoms. The second kappa shape index (κ2) is 13.0. The van der Waals surface area contributed by atoms with Crippen molar-refractivity contribution < 1.29 is 37.0 Å². The molecular formula is C35H39F3N4O5. The molecule has 9 nitrogen and oxygen atoms in total. The van der Waals surface area contributed by atoms with Gasteiger partial charge in [0.05, 0.1) is 44.0 Å². The van der Waals surface area contributed by atoms with Gasteiger partial charge in [-0.1, -0.05) is 17.7 Å². The summed E-state index contributed by atoms with van der Waals surface area (Å²) in [4.78, 5) is 38.6. The van der Waals surface area contributed by atoms with Gasteiger partial charge >= 0.3 is 18.2 Å². The maximum Gasteiger partial charge on any atom is 0.416 e. The average molecular weight is 653 g/mol. The topological polar surface area (TPSA) is 94.1 Å². The zero-order chi connectivity index (χ0) is 33.5. The molecule has 3 heterocycles. The van der Waals surface area contributed by atoms with Gasteiger partial charge in [-0.05, 0) is 87.3 Å². The normalized spacial score (nSPS) is 22.9. The molecule has 3 aromatic rings. The SMILES string of the molecule is COC(=O)C1CCC(c2ccc(OC)c(-c3cnc(N4CCC4)nc3CN3C(=O)O[C@H](c4cc(C)cc(C(F)(F)F)c4)[C@@H]3C)c2)CC1. The van der Waals surface area contributed by atoms with Crippen LogP contribution >= 0.6 is 0 Å². The summed E-state index contributed by atoms with van der Waals surface area (Å²) in [7, 11) is 3.02. The van der Waals surface area contributed by atoms with Crippen molar-refractivity contribution in [1.82, 2.24) is 14.9 Å². The molecule has 0 N–H and O–H groups in total. The number of anilines is 1. The van der Waals surface area contributed by atoms with Gasteiger partial charge in [0.25, 0.3) is 0 Å². The molecule has 0 unspecified atom stereocenters. The highest BCUT2D eigenvalue weighted by Crippen LogP contribution is 2.42. The van der Waals surface area contributed by atoms with Gasteiger partial charge in [-0.3, -0.25) is 9.69 Å². The van der Waals surface area contributed by atoms with E-state index in [0.717, 1.165) is 68.5 Å². The molecule has 3 fully saturated rings. The first-order valence-electron chi connectivity index (χ1n) is 16.0. The quantitative estimate of drug-likeness (QED) is 0.236. The van der Waals surface area contributed by atoms with Crippen molar-refractivity contribution in [3.63, 3.8) is 0 Å². The number of ether oxygens (including phenoxy) is 3. The third kappa shape index (κ3) is 6.59. The van der Waals surface area contributed by atoms with E-state index in [1.54, 1.807) is 33.2 Å². The number of hydrogen-bond donors (Lipinski definition) is 0. The largest absolute Gasteiger partial charge is 0.496 e. The molecule has 12 heteroatoms. The van der Waals surface area contributed by atoms with Crippen LogP contribution in [0.3, 0.4) is 0 Å². The average Bonchev–Trinajstić information content (AvgIpc) is 3.31. The number of hydrogen-bond acceptors (Lipinski definition) is 8. The Kier molecular flexibility index (Phi) is 9.04. The molecule has 3 aliphatic rings. The van der Waals surface area contributed by atoms with E-state index in [2.05, 4.69) is 16.0 Å². The number of nitrogens with zero attached hydrogens (tertiary/aromatic N) is 4. The number of aryl methyl sites for hydroxylation is 1. The molecule has 0 radical (unpaired) electrons. The fraction of sp³-hybridized carbons (Fsp3) is 0.486. The summed E-state index contributed by atoms with van der Waals surface area (Å²) in [5, 5.41) is 0. The zero-order valence-electron chi connectivity index (χ0n) is 27.0. The lowest BCUT2D eigenvalue weighted by atomic mass is 9.78. The van der Waals surface area contributed by atoms with Crippen molar-refractivity contribution in [2.45, 2.75) is 76.7 Å². The number of cyclic esters (lactones) is 1. The second-order valence-corrected chi connectivity index (χ2v) is 12.7. The first kappa shape index (κ1) is 32.6. The van der Waals surface area contributed by atoms with Gasteiger partial charge in [-0.2, -0.15) is 13.2 Å². The summed E-state index contributed by atoms with van der Waals surface area (Å²) < 4.78 is 57.3. The van der Waals surface area contributed by atoms with Crippen LogP contribution in [-0.4, -0.2) is 60.3 Å². The number of halogens is 3. The van der Waals surface area contributed by atoms with Gasteiger partial charge in [0.1, 0.15) is 11.9 Å². The van der Waals surface area contributed by atoms with E-state index in [-0.39, 0.29) is 24.3 Å². The van der Waals surface area contributed by atoms with Crippen molar-refractivity contribution in [3.8, 4) is 16.9 Å². The highest BCUT2D eigenvalue weighted by molar-refractivity contribution is 5.75. The van der Waals surface area contributed by atoms with Gasteiger partial charge in [-0.15, -0.1) is 0 Å². The summed E-state index contributed by atoms with van der Waals surface area (Å²) in [6, 6.07) is 9.23. The van der Waals surface area contributed by atoms with Crippen molar-refractivity contribution >= 4 is 18.0 Å². The fourth-order valence-corrected chi connectivity index (χ4v) is 6.90. The first-order chi connectivity index (χ1) is 22.5. The molecule has 6 rings (SSSR count). The molecule has 1 aliphatic carbocycles. The molecular weight excluding hydrogens is 613 g/mol. The summed E-state index contributed by atoms with van der Waals surface area (Å²) in [6.45, 7) is 5.07. The van der Waals surface area contributed by atoms with Crippen LogP contribution in [-0.2, 0) is 27.0 Å². The molecule has 1 saturated carbocycles. The van der Waals surface area contributed by atoms with E-state index in [9.17, 15) is 22.8 Å². The predicted molar refractivity (Wildman–Crippen MR) is 168 cm³/mol. The lowest BCUT2D eigenvalue weighted by Gasteiger charge is -2.31. The maximum atomic E-state index is 13.6. The number of benzene rings is 2. The Balaban J connectivity index is 1.33. The van der Waals surface area contributed by atoms with E-state index < -0.39 is 30.0 Å². The molecule has 2 aliphatic heterocycles. The molecule has 2 aromatic carbocycles. The number of esters is 1. The van der Waals surface area contributed by atoms with Crippen LogP contribution in [0.15, 0.2) is 42.6 Å². The van der Waals surface area contributed by atoms with Crippen molar-refractivity contribution in [2.75, 3.05) is 32.2 Å². The summed E-state index contributed by atoms with van der Waals surface area (Å²) in [5.74, 6) is 1.16. The second-order valence-electron chi connectivity index (χ2n) is 12.7. The van der Waals surface area contributed by atoms with Crippen LogP contribution in [0.2, 0.25) is 0 Å². The number of rotatable bonds is 8. The van der Waals surface area contributed by atoms with E-state index in [1.807, 2.05) is 12.1 Å². The number of methoxy groups -OCH3 is 2. The zero-order valence-corrected chi connectivity index (χ0v) is 27.0. The summed E-state index contributed by atoms with van der Waals surface area (Å²) in [6.07, 6.45) is -0.0697. The van der Waals surface area contributed by atoms with Gasteiger partial charge < -0.3 is 19.1 Å². The molecule has 250 valence electrons. The Morgan fingerprint density at radius 1 is 1.02 bits per heavy atom. The lowest BCUT2D eigenvalue weighted by molar-refractivity contribution is -0.146. The minimum absolute atomic E-state index is 0.0603. The molecule has 1 amide bonds. The lowest BCUT2D eigenvalue weighted by Crippen LogP contribution is -2.39. The van der Waals surface area contributed by atoms with Crippen molar-refractivity contribution in [1.29, 1.82) is 0 Å². The molecule has 1 aromatic heterocycles. The minimum Gasteiger partial charge on any atom is -0.496 e. The first-order valence-corrected chi connectivity index (χ1v) is 16.0. The van der Waals surface area contributed by atoms with Crippen LogP contribution in [0.25, 0.3) is 11.1 Å².